The Balaban J connectivity index is 0.000000139. The Morgan fingerprint density at radius 2 is 1.14 bits per heavy atom. The van der Waals surface area contributed by atoms with E-state index in [1.54, 1.807) is 61.8 Å². The molecule has 13 aromatic rings. The van der Waals surface area contributed by atoms with Crippen LogP contribution in [0.5, 0.6) is 5.75 Å². The average Bonchev–Trinajstić information content (AvgIpc) is 0.968. The van der Waals surface area contributed by atoms with Crippen LogP contribution < -0.4 is 42.7 Å². The number of piperidine rings is 3. The maximum atomic E-state index is 15.5. The fourth-order valence-corrected chi connectivity index (χ4v) is 22.4. The lowest BCUT2D eigenvalue weighted by molar-refractivity contribution is -0.137. The number of amides is 2. The first-order valence-corrected chi connectivity index (χ1v) is 50.9. The third kappa shape index (κ3) is 23.6. The SMILES string of the molecule is CC(=O)N1CCCC1c1ccc(-c2cc3cnc(Nc4ccc(CC5CCCN(C)C5)cc4)nc3n(CC(=O)N3CCCC3)c2=O)c(C(F)(F)F)c1.CN(C)CCn1c(=O)c(-c2ccc(C3CCOCC3)cc2F)cc2cnc(Nc3ccc(OC4CCCNC4)cc3)nc21.CN1CCC(c2ccc(-c3cc4cnc(Nc5ccc(C6CCCCS6)cc5)nc4n(Cc4nccs4)c3=O)c(Cl)c2)CC1. The molecule has 20 rings (SSSR count). The zero-order chi connectivity index (χ0) is 96.4. The van der Waals surface area contributed by atoms with Gasteiger partial charge in [-0.15, -0.1) is 11.3 Å². The van der Waals surface area contributed by atoms with Gasteiger partial charge in [0, 0.05) is 162 Å². The first-order valence-electron chi connectivity index (χ1n) is 48.6. The summed E-state index contributed by atoms with van der Waals surface area (Å²) in [4.78, 5) is 110. The van der Waals surface area contributed by atoms with Gasteiger partial charge in [-0.1, -0.05) is 78.7 Å². The van der Waals surface area contributed by atoms with E-state index in [0.717, 1.165) is 147 Å². The van der Waals surface area contributed by atoms with Gasteiger partial charge in [0.15, 0.2) is 0 Å². The van der Waals surface area contributed by atoms with E-state index in [4.69, 9.17) is 31.0 Å². The van der Waals surface area contributed by atoms with Crippen molar-refractivity contribution in [2.45, 2.75) is 165 Å². The number of halogens is 5. The van der Waals surface area contributed by atoms with Gasteiger partial charge in [-0.25, -0.2) is 24.3 Å². The highest BCUT2D eigenvalue weighted by molar-refractivity contribution is 7.99. The highest BCUT2D eigenvalue weighted by Crippen LogP contribution is 2.44. The number of hydrogen-bond donors (Lipinski definition) is 4. The lowest BCUT2D eigenvalue weighted by Gasteiger charge is -2.29. The van der Waals surface area contributed by atoms with Crippen LogP contribution in [0.3, 0.4) is 0 Å². The smallest absolute Gasteiger partial charge is 0.417 e. The van der Waals surface area contributed by atoms with Gasteiger partial charge in [0.25, 0.3) is 16.7 Å². The molecule has 7 saturated heterocycles. The number of hydrogen-bond acceptors (Lipinski definition) is 23. The summed E-state index contributed by atoms with van der Waals surface area (Å²) >= 11 is 10.5. The lowest BCUT2D eigenvalue weighted by Crippen LogP contribution is -2.37. The van der Waals surface area contributed by atoms with E-state index < -0.39 is 29.2 Å². The molecule has 14 heterocycles. The topological polar surface area (TPSA) is 273 Å². The molecular formula is C106H118ClF4N19O7S2. The van der Waals surface area contributed by atoms with Crippen molar-refractivity contribution in [1.82, 2.24) is 78.4 Å². The fourth-order valence-electron chi connectivity index (χ4n) is 20.2. The number of aromatic nitrogens is 10. The third-order valence-electron chi connectivity index (χ3n) is 27.8. The monoisotopic (exact) mass is 1940 g/mol. The molecule has 26 nitrogen and oxygen atoms in total. The zero-order valence-corrected chi connectivity index (χ0v) is 81.5. The third-order valence-corrected chi connectivity index (χ3v) is 30.3. The number of alkyl halides is 3. The Kier molecular flexibility index (Phi) is 31.0. The van der Waals surface area contributed by atoms with Crippen molar-refractivity contribution in [3.05, 3.63) is 256 Å². The summed E-state index contributed by atoms with van der Waals surface area (Å²) in [7, 11) is 8.22. The number of carbonyl (C=O) groups excluding carboxylic acids is 2. The van der Waals surface area contributed by atoms with Crippen LogP contribution in [-0.2, 0) is 46.6 Å². The molecule has 2 amide bonds. The number of fused-ring (bicyclic) bond motifs is 3. The molecule has 6 aromatic carbocycles. The number of rotatable bonds is 24. The number of nitrogens with zero attached hydrogens (tertiary/aromatic N) is 15. The molecule has 33 heteroatoms. The normalized spacial score (nSPS) is 18.6. The van der Waals surface area contributed by atoms with Crippen molar-refractivity contribution >= 4 is 115 Å². The zero-order valence-electron chi connectivity index (χ0n) is 79.1. The van der Waals surface area contributed by atoms with Gasteiger partial charge in [0.1, 0.15) is 46.2 Å². The molecule has 4 N–H and O–H groups in total. The molecule has 0 saturated carbocycles. The minimum atomic E-state index is -4.80. The Hall–Kier alpha value is -11.9. The van der Waals surface area contributed by atoms with Crippen molar-refractivity contribution in [2.75, 3.05) is 129 Å². The van der Waals surface area contributed by atoms with Crippen LogP contribution in [0.15, 0.2) is 190 Å². The Morgan fingerprint density at radius 3 is 1.74 bits per heavy atom. The van der Waals surface area contributed by atoms with E-state index in [0.29, 0.717) is 138 Å². The number of thioether (sulfide) groups is 1. The second kappa shape index (κ2) is 44.3. The molecule has 7 aromatic heterocycles. The molecule has 7 fully saturated rings. The Labute approximate surface area is 818 Å². The minimum Gasteiger partial charge on any atom is -0.489 e. The van der Waals surface area contributed by atoms with Gasteiger partial charge >= 0.3 is 6.18 Å². The quantitative estimate of drug-likeness (QED) is 0.0409. The molecule has 0 radical (unpaired) electrons. The summed E-state index contributed by atoms with van der Waals surface area (Å²) < 4.78 is 75.8. The number of likely N-dealkylation sites (tertiary alicyclic amines) is 4. The molecular weight excluding hydrogens is 1830 g/mol. The van der Waals surface area contributed by atoms with Crippen LogP contribution in [0.1, 0.15) is 165 Å². The van der Waals surface area contributed by atoms with E-state index >= 15 is 4.39 Å². The van der Waals surface area contributed by atoms with Gasteiger partial charge in [-0.3, -0.25) is 37.7 Å². The number of pyridine rings is 3. The van der Waals surface area contributed by atoms with Gasteiger partial charge in [-0.05, 0) is 292 Å². The summed E-state index contributed by atoms with van der Waals surface area (Å²) in [6, 6.07) is 44.1. The second-order valence-corrected chi connectivity index (χ2v) is 40.6. The van der Waals surface area contributed by atoms with Crippen LogP contribution in [0.4, 0.5) is 52.5 Å². The van der Waals surface area contributed by atoms with Crippen molar-refractivity contribution in [3.8, 4) is 39.1 Å². The summed E-state index contributed by atoms with van der Waals surface area (Å²) in [5.74, 6) is 3.51. The van der Waals surface area contributed by atoms with Crippen molar-refractivity contribution in [1.29, 1.82) is 0 Å². The average molecular weight is 1950 g/mol. The molecule has 0 bridgehead atoms. The van der Waals surface area contributed by atoms with Gasteiger partial charge in [-0.2, -0.15) is 39.9 Å². The molecule has 0 spiro atoms. The van der Waals surface area contributed by atoms with Crippen LogP contribution in [0.25, 0.3) is 66.5 Å². The number of carbonyl (C=O) groups is 2. The number of anilines is 6. The summed E-state index contributed by atoms with van der Waals surface area (Å²) in [5.41, 5.74) is 7.96. The maximum Gasteiger partial charge on any atom is 0.417 e. The summed E-state index contributed by atoms with van der Waals surface area (Å²) in [6.45, 7) is 11.6. The van der Waals surface area contributed by atoms with Crippen molar-refractivity contribution in [3.63, 3.8) is 0 Å². The molecule has 726 valence electrons. The summed E-state index contributed by atoms with van der Waals surface area (Å²) in [5, 5.41) is 18.8. The first-order chi connectivity index (χ1) is 67.4. The first kappa shape index (κ1) is 97.3. The van der Waals surface area contributed by atoms with E-state index in [1.807, 2.05) is 96.8 Å². The number of ether oxygens (including phenoxy) is 2. The number of thiazole rings is 1. The lowest BCUT2D eigenvalue weighted by atomic mass is 9.88. The van der Waals surface area contributed by atoms with Crippen molar-refractivity contribution in [2.24, 2.45) is 5.92 Å². The second-order valence-electron chi connectivity index (χ2n) is 37.9. The predicted molar refractivity (Wildman–Crippen MR) is 544 cm³/mol. The molecule has 4 atom stereocenters. The van der Waals surface area contributed by atoms with Crippen LogP contribution in [-0.4, -0.2) is 204 Å². The predicted octanol–water partition coefficient (Wildman–Crippen LogP) is 19.5. The molecule has 139 heavy (non-hydrogen) atoms. The number of nitrogens with one attached hydrogen (secondary N) is 4. The van der Waals surface area contributed by atoms with Gasteiger partial charge in [0.2, 0.25) is 29.7 Å². The molecule has 4 unspecified atom stereocenters. The molecule has 7 aliphatic rings. The van der Waals surface area contributed by atoms with Gasteiger partial charge in [0.05, 0.1) is 23.7 Å². The van der Waals surface area contributed by atoms with Crippen LogP contribution in [0.2, 0.25) is 5.02 Å². The largest absolute Gasteiger partial charge is 0.489 e. The minimum absolute atomic E-state index is 0.144. The number of benzene rings is 6. The van der Waals surface area contributed by atoms with Crippen molar-refractivity contribution < 1.29 is 36.6 Å². The number of likely N-dealkylation sites (N-methyl/N-ethyl adjacent to an activating group) is 1. The highest BCUT2D eigenvalue weighted by Gasteiger charge is 2.38. The van der Waals surface area contributed by atoms with Crippen LogP contribution >= 0.6 is 34.7 Å². The van der Waals surface area contributed by atoms with Gasteiger partial charge < -0.3 is 55.2 Å². The highest BCUT2D eigenvalue weighted by atomic mass is 35.5. The summed E-state index contributed by atoms with van der Waals surface area (Å²) in [6.07, 6.45) is 18.4. The fraction of sp³-hybridized carbons (Fsp3) is 0.415. The Bertz CT molecular complexity index is 6720. The Morgan fingerprint density at radius 1 is 0.568 bits per heavy atom. The van der Waals surface area contributed by atoms with E-state index in [9.17, 15) is 37.1 Å². The van der Waals surface area contributed by atoms with E-state index in [-0.39, 0.29) is 69.8 Å². The van der Waals surface area contributed by atoms with E-state index in [2.05, 4.69) is 113 Å². The molecule has 7 aliphatic heterocycles. The maximum absolute atomic E-state index is 15.5. The van der Waals surface area contributed by atoms with E-state index in [1.165, 1.54) is 95.7 Å². The standard InChI is InChI=1S/C39H44F3N7O3.C34H35ClN6OS2.C33H39FN6O3/c1-25(50)48-18-6-8-34(48)28-11-14-31(33(21-28)39(40,41)42)32-20-29-22-43-38(45-36(29)49(37(32)52)24-35(51)47-16-3-4-17-47)44-30-12-9-26(10-13-30)19-27-7-5-15-46(2)23-27;1-40-14-11-22(12-15-40)24-7-10-27(29(35)19-24)28-18-25-20-37-34(39-32(25)41(33(28)42)21-31-36-13-17-44-31)38-26-8-5-23(6-9-26)30-4-2-3-16-43-30;1-39(2)14-15-40-31-24(18-29(32(40)41)28-10-5-23(19-30(28)34)22-11-16-42-17-12-22)20-36-33(38-31)37-25-6-8-26(9-7-25)43-27-4-3-13-35-21-27/h9-14,20-22,27,34H,3-8,15-19,23-24H2,1-2H3,(H,43,44,45);5-10,13,17-20,22,30H,2-4,11-12,14-16,21H2,1H3,(H,37,38,39);5-10,18-20,22,27,35H,3-4,11-17,21H2,1-2H3,(H,36,37,38). The molecule has 0 aliphatic carbocycles. The van der Waals surface area contributed by atoms with Crippen LogP contribution in [0, 0.1) is 11.7 Å².